The molecule has 3 heterocycles. The van der Waals surface area contributed by atoms with Gasteiger partial charge in [0.1, 0.15) is 23.0 Å². The smallest absolute Gasteiger partial charge is 0.408 e. The number of pyridine rings is 1. The number of unbranched alkanes of at least 4 members (excludes halogenated alkanes) is 1. The molecule has 2 aromatic heterocycles. The number of rotatable bonds is 9. The van der Waals surface area contributed by atoms with E-state index in [-0.39, 0.29) is 6.42 Å². The Labute approximate surface area is 239 Å². The van der Waals surface area contributed by atoms with Crippen LogP contribution in [0, 0.1) is 0 Å². The molecule has 1 atom stereocenters. The summed E-state index contributed by atoms with van der Waals surface area (Å²) in [5.74, 6) is 0.159. The first-order valence-corrected chi connectivity index (χ1v) is 15.4. The van der Waals surface area contributed by atoms with Gasteiger partial charge < -0.3 is 30.6 Å². The molecule has 1 aromatic carbocycles. The van der Waals surface area contributed by atoms with Crippen molar-refractivity contribution in [3.05, 3.63) is 24.0 Å². The third kappa shape index (κ3) is 7.76. The number of nitrogens with zero attached hydrogens (tertiary/aromatic N) is 4. The number of nitrogens with one attached hydrogen (secondary N) is 2. The van der Waals surface area contributed by atoms with E-state index < -0.39 is 39.5 Å². The number of amides is 2. The molecule has 0 spiro atoms. The van der Waals surface area contributed by atoms with E-state index in [1.807, 2.05) is 18.2 Å². The highest BCUT2D eigenvalue weighted by Gasteiger charge is 2.31. The Bertz CT molecular complexity index is 1520. The average Bonchev–Trinajstić information content (AvgIpc) is 3.33. The molecular weight excluding hydrogens is 550 g/mol. The maximum atomic E-state index is 13.3. The van der Waals surface area contributed by atoms with Crippen molar-refractivity contribution in [3.8, 4) is 0 Å². The molecule has 0 saturated carbocycles. The minimum absolute atomic E-state index is 0.279. The number of carbonyl (C=O) groups excluding carboxylic acids is 2. The number of nitrogen functional groups attached to an aromatic ring is 1. The van der Waals surface area contributed by atoms with Crippen LogP contribution in [0.2, 0.25) is 0 Å². The molecule has 2 amide bonds. The first-order valence-electron chi connectivity index (χ1n) is 13.8. The van der Waals surface area contributed by atoms with Gasteiger partial charge in [0.2, 0.25) is 5.91 Å². The monoisotopic (exact) mass is 589 g/mol. The van der Waals surface area contributed by atoms with Crippen molar-refractivity contribution in [1.29, 1.82) is 0 Å². The van der Waals surface area contributed by atoms with Gasteiger partial charge in [0, 0.05) is 43.7 Å². The van der Waals surface area contributed by atoms with Crippen LogP contribution >= 0.6 is 0 Å². The Morgan fingerprint density at radius 2 is 1.90 bits per heavy atom. The van der Waals surface area contributed by atoms with Crippen LogP contribution in [-0.4, -0.2) is 88.4 Å². The van der Waals surface area contributed by atoms with Crippen molar-refractivity contribution in [2.45, 2.75) is 65.0 Å². The zero-order chi connectivity index (χ0) is 29.9. The number of anilines is 2. The minimum Gasteiger partial charge on any atom is -0.444 e. The molecule has 0 unspecified atom stereocenters. The molecule has 14 heteroatoms. The van der Waals surface area contributed by atoms with E-state index in [9.17, 15) is 22.6 Å². The summed E-state index contributed by atoms with van der Waals surface area (Å²) in [6.45, 7) is 8.93. The molecule has 4 rings (SSSR count). The largest absolute Gasteiger partial charge is 0.444 e. The molecule has 41 heavy (non-hydrogen) atoms. The highest BCUT2D eigenvalue weighted by Crippen LogP contribution is 2.30. The van der Waals surface area contributed by atoms with E-state index in [0.717, 1.165) is 47.2 Å². The van der Waals surface area contributed by atoms with Crippen LogP contribution in [-0.2, 0) is 26.1 Å². The van der Waals surface area contributed by atoms with E-state index in [4.69, 9.17) is 10.5 Å². The summed E-state index contributed by atoms with van der Waals surface area (Å²) in [5.41, 5.74) is 8.62. The van der Waals surface area contributed by atoms with Gasteiger partial charge in [-0.1, -0.05) is 13.3 Å². The number of nitrogens with two attached hydrogens (primary N) is 1. The fourth-order valence-electron chi connectivity index (χ4n) is 4.85. The molecular formula is C27H39N7O6S. The van der Waals surface area contributed by atoms with Gasteiger partial charge in [-0.3, -0.25) is 9.35 Å². The number of benzene rings is 1. The van der Waals surface area contributed by atoms with Gasteiger partial charge in [-0.05, 0) is 51.8 Å². The third-order valence-corrected chi connectivity index (χ3v) is 7.61. The highest BCUT2D eigenvalue weighted by atomic mass is 32.2. The Balaban J connectivity index is 1.48. The standard InChI is InChI=1S/C27H39N7O6S/c1-5-6-7-21-31-22-18-16-17(8-9-19(18)29-24(28)23(22)32-21)33-11-13-34(14-12-33)25(35)20(10-15-41(37,38)39)30-26(36)40-27(2,3)4/h8-9,16,20H,5-7,10-15H2,1-4H3,(H2,28,29)(H,30,36)(H,31,32)(H,37,38,39)/t20-/m0/s1. The first-order chi connectivity index (χ1) is 19.2. The van der Waals surface area contributed by atoms with E-state index in [1.54, 1.807) is 25.7 Å². The number of hydrogen-bond donors (Lipinski definition) is 4. The van der Waals surface area contributed by atoms with Crippen LogP contribution in [0.4, 0.5) is 16.3 Å². The Morgan fingerprint density at radius 1 is 1.20 bits per heavy atom. The lowest BCUT2D eigenvalue weighted by molar-refractivity contribution is -0.133. The van der Waals surface area contributed by atoms with Crippen LogP contribution < -0.4 is 16.0 Å². The van der Waals surface area contributed by atoms with Crippen LogP contribution in [0.1, 0.15) is 52.8 Å². The second-order valence-corrected chi connectivity index (χ2v) is 12.9. The minimum atomic E-state index is -4.33. The van der Waals surface area contributed by atoms with Crippen molar-refractivity contribution in [1.82, 2.24) is 25.2 Å². The lowest BCUT2D eigenvalue weighted by Gasteiger charge is -2.37. The van der Waals surface area contributed by atoms with Gasteiger partial charge in [-0.2, -0.15) is 8.42 Å². The van der Waals surface area contributed by atoms with Crippen molar-refractivity contribution >= 4 is 55.6 Å². The predicted molar refractivity (Wildman–Crippen MR) is 157 cm³/mol. The van der Waals surface area contributed by atoms with Gasteiger partial charge >= 0.3 is 6.09 Å². The van der Waals surface area contributed by atoms with E-state index in [1.165, 1.54) is 0 Å². The molecule has 0 aliphatic carbocycles. The number of alkyl carbamates (subject to hydrolysis) is 1. The van der Waals surface area contributed by atoms with Crippen LogP contribution in [0.5, 0.6) is 0 Å². The molecule has 0 radical (unpaired) electrons. The number of aromatic nitrogens is 3. The number of fused-ring (bicyclic) bond motifs is 3. The summed E-state index contributed by atoms with van der Waals surface area (Å²) in [6, 6.07) is 4.76. The summed E-state index contributed by atoms with van der Waals surface area (Å²) >= 11 is 0. The molecule has 13 nitrogen and oxygen atoms in total. The van der Waals surface area contributed by atoms with Crippen molar-refractivity contribution in [2.75, 3.05) is 42.6 Å². The summed E-state index contributed by atoms with van der Waals surface area (Å²) in [5, 5.41) is 3.38. The molecule has 1 fully saturated rings. The van der Waals surface area contributed by atoms with Gasteiger partial charge in [0.05, 0.1) is 16.8 Å². The first kappa shape index (κ1) is 30.3. The lowest BCUT2D eigenvalue weighted by atomic mass is 10.1. The Kier molecular flexibility index (Phi) is 8.92. The van der Waals surface area contributed by atoms with Gasteiger partial charge in [-0.15, -0.1) is 0 Å². The maximum absolute atomic E-state index is 13.3. The average molecular weight is 590 g/mol. The lowest BCUT2D eigenvalue weighted by Crippen LogP contribution is -2.55. The topological polar surface area (TPSA) is 184 Å². The normalized spacial score (nSPS) is 15.3. The number of ether oxygens (including phenoxy) is 1. The van der Waals surface area contributed by atoms with Gasteiger partial charge in [0.15, 0.2) is 5.82 Å². The number of carbonyl (C=O) groups is 2. The van der Waals surface area contributed by atoms with Crippen molar-refractivity contribution in [2.24, 2.45) is 0 Å². The number of H-pyrrole nitrogens is 1. The van der Waals surface area contributed by atoms with Gasteiger partial charge in [-0.25, -0.2) is 14.8 Å². The Hall–Kier alpha value is -3.65. The fraction of sp³-hybridized carbons (Fsp3) is 0.556. The SMILES string of the molecule is CCCCc1nc2c(N)nc3ccc(N4CCN(C(=O)[C@H](CCS(=O)(=O)O)NC(=O)OC(C)(C)C)CC4)cc3c2[nH]1. The summed E-state index contributed by atoms with van der Waals surface area (Å²) in [6.07, 6.45) is 1.79. The van der Waals surface area contributed by atoms with E-state index >= 15 is 0 Å². The zero-order valence-electron chi connectivity index (χ0n) is 23.9. The molecule has 5 N–H and O–H groups in total. The Morgan fingerprint density at radius 3 is 2.54 bits per heavy atom. The van der Waals surface area contributed by atoms with E-state index in [2.05, 4.69) is 32.1 Å². The second kappa shape index (κ2) is 12.1. The molecule has 1 aliphatic heterocycles. The van der Waals surface area contributed by atoms with Gasteiger partial charge in [0.25, 0.3) is 10.1 Å². The third-order valence-electron chi connectivity index (χ3n) is 6.86. The molecule has 1 saturated heterocycles. The predicted octanol–water partition coefficient (Wildman–Crippen LogP) is 2.86. The van der Waals surface area contributed by atoms with E-state index in [0.29, 0.717) is 37.5 Å². The zero-order valence-corrected chi connectivity index (χ0v) is 24.8. The molecule has 3 aromatic rings. The summed E-state index contributed by atoms with van der Waals surface area (Å²) in [7, 11) is -4.33. The number of piperazine rings is 1. The molecule has 1 aliphatic rings. The fourth-order valence-corrected chi connectivity index (χ4v) is 5.38. The van der Waals surface area contributed by atoms with Crippen LogP contribution in [0.15, 0.2) is 18.2 Å². The summed E-state index contributed by atoms with van der Waals surface area (Å²) < 4.78 is 37.2. The summed E-state index contributed by atoms with van der Waals surface area (Å²) in [4.78, 5) is 42.0. The quantitative estimate of drug-likeness (QED) is 0.271. The highest BCUT2D eigenvalue weighted by molar-refractivity contribution is 7.85. The van der Waals surface area contributed by atoms with Crippen LogP contribution in [0.25, 0.3) is 21.9 Å². The van der Waals surface area contributed by atoms with Crippen molar-refractivity contribution in [3.63, 3.8) is 0 Å². The molecule has 224 valence electrons. The second-order valence-electron chi connectivity index (χ2n) is 11.3. The number of aryl methyl sites for hydroxylation is 1. The van der Waals surface area contributed by atoms with Crippen LogP contribution in [0.3, 0.4) is 0 Å². The maximum Gasteiger partial charge on any atom is 0.408 e. The molecule has 0 bridgehead atoms. The number of hydrogen-bond acceptors (Lipinski definition) is 9. The van der Waals surface area contributed by atoms with Crippen molar-refractivity contribution < 1.29 is 27.3 Å². The number of imidazole rings is 1. The number of aromatic amines is 1.